The summed E-state index contributed by atoms with van der Waals surface area (Å²) >= 11 is 0. The van der Waals surface area contributed by atoms with E-state index in [1.165, 1.54) is 103 Å². The van der Waals surface area contributed by atoms with Gasteiger partial charge in [-0.25, -0.2) is 0 Å². The van der Waals surface area contributed by atoms with E-state index in [9.17, 15) is 20.4 Å². The van der Waals surface area contributed by atoms with Gasteiger partial charge in [-0.2, -0.15) is 0 Å². The standard InChI is InChI=1S/C39H77N2O4.2HI/c1-4-6-8-10-12-18-24-38(26-20-14-16-22-28-40(29-34-42)30-35-43)39(25-19-13-11-9-7-5-2)27-21-15-17-23-31-41(3,32-36-44)33-37-45;;/h10-13,24,39,42-45H,4-9,14-23,25-37H2,1-3H3;2*1H/q+1;;/p-2/b12-10+,13-11+,38-24-;;. The molecule has 0 saturated heterocycles. The minimum absolute atomic E-state index is 0. The van der Waals surface area contributed by atoms with Crippen molar-refractivity contribution in [2.45, 2.75) is 136 Å². The molecule has 282 valence electrons. The maximum atomic E-state index is 9.46. The van der Waals surface area contributed by atoms with Gasteiger partial charge < -0.3 is 72.9 Å². The van der Waals surface area contributed by atoms with Gasteiger partial charge in [0, 0.05) is 13.1 Å². The maximum absolute atomic E-state index is 9.46. The van der Waals surface area contributed by atoms with Gasteiger partial charge in [-0.05, 0) is 83.1 Å². The number of hydrogen-bond donors (Lipinski definition) is 4. The quantitative estimate of drug-likeness (QED) is 0.0344. The fourth-order valence-corrected chi connectivity index (χ4v) is 6.29. The number of halogens is 2. The molecule has 0 aromatic rings. The summed E-state index contributed by atoms with van der Waals surface area (Å²) < 4.78 is 0.763. The highest BCUT2D eigenvalue weighted by atomic mass is 127. The molecule has 0 amide bonds. The highest BCUT2D eigenvalue weighted by molar-refractivity contribution is 5.10. The summed E-state index contributed by atoms with van der Waals surface area (Å²) in [5, 5.41) is 37.5. The van der Waals surface area contributed by atoms with Crippen molar-refractivity contribution in [3.8, 4) is 0 Å². The molecule has 8 heteroatoms. The molecule has 1 unspecified atom stereocenters. The van der Waals surface area contributed by atoms with Gasteiger partial charge in [-0.3, -0.25) is 4.90 Å². The number of allylic oxidation sites excluding steroid dienone is 6. The Morgan fingerprint density at radius 1 is 0.574 bits per heavy atom. The molecule has 0 spiro atoms. The Labute approximate surface area is 326 Å². The minimum Gasteiger partial charge on any atom is -1.00 e. The highest BCUT2D eigenvalue weighted by Crippen LogP contribution is 2.29. The van der Waals surface area contributed by atoms with Crippen LogP contribution >= 0.6 is 0 Å². The molecular formula is C39H77I2N2O4-. The number of rotatable bonds is 34. The van der Waals surface area contributed by atoms with E-state index >= 15 is 0 Å². The van der Waals surface area contributed by atoms with Crippen LogP contribution in [-0.2, 0) is 0 Å². The van der Waals surface area contributed by atoms with Crippen LogP contribution in [0, 0.1) is 5.92 Å². The van der Waals surface area contributed by atoms with Crippen LogP contribution in [0.2, 0.25) is 0 Å². The number of quaternary nitrogens is 1. The zero-order valence-corrected chi connectivity index (χ0v) is 35.2. The normalized spacial score (nSPS) is 13.1. The SMILES string of the molecule is CCCC/C=C/C/C=C(/CCCCCCN(CCO)CCO)C(CC/C=C/CCCC)CCCCCC[N+](C)(CCO)CCO.[I-].[I-]. The molecule has 0 aliphatic carbocycles. The second-order valence-electron chi connectivity index (χ2n) is 13.4. The van der Waals surface area contributed by atoms with Gasteiger partial charge in [0.05, 0.1) is 40.0 Å². The Bertz CT molecular complexity index is 709. The molecule has 0 fully saturated rings. The fraction of sp³-hybridized carbons (Fsp3) is 0.846. The Hall–Kier alpha value is 0.440. The van der Waals surface area contributed by atoms with Crippen LogP contribution in [0.3, 0.4) is 0 Å². The summed E-state index contributed by atoms with van der Waals surface area (Å²) in [5.74, 6) is 0.652. The van der Waals surface area contributed by atoms with Crippen LogP contribution < -0.4 is 48.0 Å². The average molecular weight is 892 g/mol. The van der Waals surface area contributed by atoms with Crippen molar-refractivity contribution in [3.05, 3.63) is 36.0 Å². The van der Waals surface area contributed by atoms with Gasteiger partial charge in [0.1, 0.15) is 13.1 Å². The first-order chi connectivity index (χ1) is 22.0. The van der Waals surface area contributed by atoms with Crippen molar-refractivity contribution in [3.63, 3.8) is 0 Å². The average Bonchev–Trinajstić information content (AvgIpc) is 3.02. The van der Waals surface area contributed by atoms with E-state index in [2.05, 4.69) is 56.2 Å². The molecule has 47 heavy (non-hydrogen) atoms. The van der Waals surface area contributed by atoms with Crippen molar-refractivity contribution in [1.82, 2.24) is 4.90 Å². The third-order valence-corrected chi connectivity index (χ3v) is 9.31. The fourth-order valence-electron chi connectivity index (χ4n) is 6.29. The number of aliphatic hydroxyl groups is 4. The molecule has 0 rings (SSSR count). The van der Waals surface area contributed by atoms with E-state index in [0.29, 0.717) is 19.0 Å². The summed E-state index contributed by atoms with van der Waals surface area (Å²) in [6.45, 7) is 9.91. The lowest BCUT2D eigenvalue weighted by molar-refractivity contribution is -0.910. The Balaban J connectivity index is -0.00000968. The third kappa shape index (κ3) is 32.1. The highest BCUT2D eigenvalue weighted by Gasteiger charge is 2.19. The van der Waals surface area contributed by atoms with Crippen molar-refractivity contribution in [1.29, 1.82) is 0 Å². The number of hydrogen-bond acceptors (Lipinski definition) is 5. The second kappa shape index (κ2) is 39.2. The Kier molecular flexibility index (Phi) is 43.2. The number of nitrogens with zero attached hydrogens (tertiary/aromatic N) is 2. The van der Waals surface area contributed by atoms with Crippen LogP contribution in [0.15, 0.2) is 36.0 Å². The monoisotopic (exact) mass is 891 g/mol. The van der Waals surface area contributed by atoms with Gasteiger partial charge in [-0.1, -0.05) is 101 Å². The zero-order valence-electron chi connectivity index (χ0n) is 30.9. The predicted molar refractivity (Wildman–Crippen MR) is 194 cm³/mol. The van der Waals surface area contributed by atoms with E-state index in [4.69, 9.17) is 0 Å². The lowest BCUT2D eigenvalue weighted by Gasteiger charge is -2.33. The maximum Gasteiger partial charge on any atom is 0.102 e. The second-order valence-corrected chi connectivity index (χ2v) is 13.4. The first-order valence-corrected chi connectivity index (χ1v) is 19.0. The van der Waals surface area contributed by atoms with Crippen molar-refractivity contribution in [2.75, 3.05) is 72.7 Å². The number of aliphatic hydroxyl groups excluding tert-OH is 4. The molecule has 0 radical (unpaired) electrons. The van der Waals surface area contributed by atoms with Crippen molar-refractivity contribution < 1.29 is 72.9 Å². The minimum atomic E-state index is 0. The van der Waals surface area contributed by atoms with Crippen molar-refractivity contribution >= 4 is 0 Å². The zero-order chi connectivity index (χ0) is 33.3. The molecule has 0 aromatic carbocycles. The van der Waals surface area contributed by atoms with Crippen LogP contribution in [0.5, 0.6) is 0 Å². The first-order valence-electron chi connectivity index (χ1n) is 19.0. The smallest absolute Gasteiger partial charge is 0.102 e. The summed E-state index contributed by atoms with van der Waals surface area (Å²) in [7, 11) is 2.16. The van der Waals surface area contributed by atoms with Crippen LogP contribution in [0.1, 0.15) is 136 Å². The van der Waals surface area contributed by atoms with E-state index in [0.717, 1.165) is 49.9 Å². The molecule has 4 N–H and O–H groups in total. The summed E-state index contributed by atoms with van der Waals surface area (Å²) in [6, 6.07) is 0. The van der Waals surface area contributed by atoms with Crippen LogP contribution in [-0.4, -0.2) is 103 Å². The summed E-state index contributed by atoms with van der Waals surface area (Å²) in [6.07, 6.45) is 35.2. The predicted octanol–water partition coefficient (Wildman–Crippen LogP) is 1.82. The molecular weight excluding hydrogens is 814 g/mol. The largest absolute Gasteiger partial charge is 1.00 e. The lowest BCUT2D eigenvalue weighted by atomic mass is 9.85. The number of likely N-dealkylation sites (N-methyl/N-ethyl adjacent to an activating group) is 1. The molecule has 0 bridgehead atoms. The van der Waals surface area contributed by atoms with Crippen molar-refractivity contribution in [2.24, 2.45) is 5.92 Å². The van der Waals surface area contributed by atoms with E-state index in [1.807, 2.05) is 0 Å². The molecule has 0 aromatic heterocycles. The van der Waals surface area contributed by atoms with Crippen LogP contribution in [0.25, 0.3) is 0 Å². The Morgan fingerprint density at radius 3 is 1.72 bits per heavy atom. The van der Waals surface area contributed by atoms with E-state index < -0.39 is 0 Å². The van der Waals surface area contributed by atoms with E-state index in [1.54, 1.807) is 5.57 Å². The third-order valence-electron chi connectivity index (χ3n) is 9.31. The van der Waals surface area contributed by atoms with E-state index in [-0.39, 0.29) is 74.4 Å². The van der Waals surface area contributed by atoms with Gasteiger partial charge in [0.25, 0.3) is 0 Å². The van der Waals surface area contributed by atoms with Gasteiger partial charge >= 0.3 is 0 Å². The molecule has 0 aliphatic rings. The molecule has 0 heterocycles. The van der Waals surface area contributed by atoms with Crippen LogP contribution in [0.4, 0.5) is 0 Å². The molecule has 1 atom stereocenters. The topological polar surface area (TPSA) is 84.2 Å². The Morgan fingerprint density at radius 2 is 1.13 bits per heavy atom. The first kappa shape index (κ1) is 51.8. The number of unbranched alkanes of at least 4 members (excludes halogenated alkanes) is 10. The molecule has 0 aliphatic heterocycles. The molecule has 0 saturated carbocycles. The molecule has 6 nitrogen and oxygen atoms in total. The summed E-state index contributed by atoms with van der Waals surface area (Å²) in [5.41, 5.74) is 1.68. The van der Waals surface area contributed by atoms with Gasteiger partial charge in [-0.15, -0.1) is 0 Å². The van der Waals surface area contributed by atoms with Gasteiger partial charge in [0.15, 0.2) is 0 Å². The van der Waals surface area contributed by atoms with Gasteiger partial charge in [0.2, 0.25) is 0 Å². The lowest BCUT2D eigenvalue weighted by Crippen LogP contribution is -3.00. The summed E-state index contributed by atoms with van der Waals surface area (Å²) in [4.78, 5) is 2.17.